The van der Waals surface area contributed by atoms with Gasteiger partial charge < -0.3 is 4.74 Å². The maximum absolute atomic E-state index is 13.4. The summed E-state index contributed by atoms with van der Waals surface area (Å²) in [6.45, 7) is 0. The van der Waals surface area contributed by atoms with E-state index in [0.717, 1.165) is 48.9 Å². The minimum atomic E-state index is -0.0761. The number of rotatable bonds is 3. The highest BCUT2D eigenvalue weighted by molar-refractivity contribution is 5.74. The van der Waals surface area contributed by atoms with Crippen LogP contribution in [0.5, 0.6) is 0 Å². The number of carbonyl (C=O) groups is 1. The summed E-state index contributed by atoms with van der Waals surface area (Å²) in [5.41, 5.74) is -0.0761. The van der Waals surface area contributed by atoms with Gasteiger partial charge in [0.05, 0.1) is 5.92 Å². The van der Waals surface area contributed by atoms with Crippen LogP contribution in [-0.4, -0.2) is 11.6 Å². The number of fused-ring (bicyclic) bond motifs is 9. The van der Waals surface area contributed by atoms with Crippen molar-refractivity contribution in [3.8, 4) is 0 Å². The first-order chi connectivity index (χ1) is 12.8. The number of esters is 1. The summed E-state index contributed by atoms with van der Waals surface area (Å²) in [5.74, 6) is 5.92. The number of hydrogen-bond donors (Lipinski definition) is 0. The molecule has 0 spiro atoms. The Hall–Kier alpha value is -0.790. The van der Waals surface area contributed by atoms with Crippen LogP contribution in [0.25, 0.3) is 0 Å². The van der Waals surface area contributed by atoms with E-state index < -0.39 is 0 Å². The molecule has 0 aromatic carbocycles. The Morgan fingerprint density at radius 2 is 1.58 bits per heavy atom. The fourth-order valence-corrected chi connectivity index (χ4v) is 8.76. The molecule has 0 N–H and O–H groups in total. The summed E-state index contributed by atoms with van der Waals surface area (Å²) in [4.78, 5) is 13.4. The van der Waals surface area contributed by atoms with Gasteiger partial charge in [-0.3, -0.25) is 4.79 Å². The zero-order valence-electron chi connectivity index (χ0n) is 16.1. The van der Waals surface area contributed by atoms with Gasteiger partial charge >= 0.3 is 5.97 Å². The summed E-state index contributed by atoms with van der Waals surface area (Å²) in [7, 11) is 0. The van der Waals surface area contributed by atoms with Crippen molar-refractivity contribution >= 4 is 5.97 Å². The minimum absolute atomic E-state index is 0.0761. The lowest BCUT2D eigenvalue weighted by atomic mass is 9.69. The largest absolute Gasteiger partial charge is 0.459 e. The van der Waals surface area contributed by atoms with Gasteiger partial charge in [-0.25, -0.2) is 0 Å². The van der Waals surface area contributed by atoms with Crippen LogP contribution in [0, 0.1) is 47.3 Å². The molecular formula is C24H34O2. The van der Waals surface area contributed by atoms with E-state index in [1.54, 1.807) is 0 Å². The Morgan fingerprint density at radius 1 is 0.846 bits per heavy atom. The Morgan fingerprint density at radius 3 is 2.35 bits per heavy atom. The van der Waals surface area contributed by atoms with Crippen molar-refractivity contribution in [3.05, 3.63) is 12.2 Å². The van der Waals surface area contributed by atoms with Crippen molar-refractivity contribution in [2.75, 3.05) is 0 Å². The van der Waals surface area contributed by atoms with Crippen LogP contribution >= 0.6 is 0 Å². The van der Waals surface area contributed by atoms with Gasteiger partial charge in [0.1, 0.15) is 5.60 Å². The average molecular weight is 355 g/mol. The van der Waals surface area contributed by atoms with Gasteiger partial charge in [0, 0.05) is 0 Å². The predicted molar refractivity (Wildman–Crippen MR) is 101 cm³/mol. The topological polar surface area (TPSA) is 26.3 Å². The molecule has 0 saturated heterocycles. The maximum atomic E-state index is 13.4. The lowest BCUT2D eigenvalue weighted by Gasteiger charge is -2.42. The zero-order valence-corrected chi connectivity index (χ0v) is 16.1. The molecule has 5 saturated carbocycles. The summed E-state index contributed by atoms with van der Waals surface area (Å²) in [6.07, 6.45) is 20.3. The Labute approximate surface area is 158 Å². The molecule has 0 amide bonds. The van der Waals surface area contributed by atoms with Gasteiger partial charge in [-0.15, -0.1) is 0 Å². The summed E-state index contributed by atoms with van der Waals surface area (Å²) in [5, 5.41) is 0. The van der Waals surface area contributed by atoms with Crippen molar-refractivity contribution in [2.45, 2.75) is 82.7 Å². The molecule has 4 bridgehead atoms. The van der Waals surface area contributed by atoms with E-state index in [-0.39, 0.29) is 17.5 Å². The van der Waals surface area contributed by atoms with Crippen LogP contribution in [0.15, 0.2) is 12.2 Å². The Bertz CT molecular complexity index is 610. The number of allylic oxidation sites excluding steroid dienone is 2. The fraction of sp³-hybridized carbons (Fsp3) is 0.875. The standard InChI is InChI=1S/C24H34O2/c25-23(26-24(10-4-5-11-24)18-6-2-1-3-7-18)20-14-17-13-19(20)22-16-9-8-15(12-16)21(17)22/h8-9,15-22H,1-7,10-14H2. The predicted octanol–water partition coefficient (Wildman–Crippen LogP) is 5.52. The van der Waals surface area contributed by atoms with Crippen LogP contribution in [0.1, 0.15) is 77.0 Å². The van der Waals surface area contributed by atoms with Crippen molar-refractivity contribution in [1.29, 1.82) is 0 Å². The van der Waals surface area contributed by atoms with Gasteiger partial charge in [-0.2, -0.15) is 0 Å². The van der Waals surface area contributed by atoms with Crippen LogP contribution < -0.4 is 0 Å². The molecule has 0 radical (unpaired) electrons. The lowest BCUT2D eigenvalue weighted by molar-refractivity contribution is -0.175. The van der Waals surface area contributed by atoms with Crippen LogP contribution in [0.4, 0.5) is 0 Å². The molecule has 142 valence electrons. The SMILES string of the molecule is O=C(OC1(C2CCCCC2)CCCC1)C1CC2CC1C1C3C=CC(C3)C21. The van der Waals surface area contributed by atoms with E-state index in [1.165, 1.54) is 57.8 Å². The Kier molecular flexibility index (Phi) is 3.64. The fourth-order valence-electron chi connectivity index (χ4n) is 8.76. The van der Waals surface area contributed by atoms with Crippen LogP contribution in [-0.2, 0) is 9.53 Å². The van der Waals surface area contributed by atoms with Gasteiger partial charge in [0.15, 0.2) is 0 Å². The second-order valence-corrected chi connectivity index (χ2v) is 10.6. The summed E-state index contributed by atoms with van der Waals surface area (Å²) >= 11 is 0. The molecular weight excluding hydrogens is 320 g/mol. The maximum Gasteiger partial charge on any atom is 0.309 e. The monoisotopic (exact) mass is 354 g/mol. The Balaban J connectivity index is 1.20. The molecule has 6 rings (SSSR count). The molecule has 2 nitrogen and oxygen atoms in total. The van der Waals surface area contributed by atoms with E-state index in [0.29, 0.717) is 11.8 Å². The van der Waals surface area contributed by atoms with E-state index in [4.69, 9.17) is 4.74 Å². The molecule has 2 heteroatoms. The minimum Gasteiger partial charge on any atom is -0.459 e. The van der Waals surface area contributed by atoms with E-state index >= 15 is 0 Å². The van der Waals surface area contributed by atoms with Crippen LogP contribution in [0.2, 0.25) is 0 Å². The second-order valence-electron chi connectivity index (χ2n) is 10.6. The van der Waals surface area contributed by atoms with Crippen molar-refractivity contribution in [2.24, 2.45) is 47.3 Å². The summed E-state index contributed by atoms with van der Waals surface area (Å²) < 4.78 is 6.55. The first-order valence-electron chi connectivity index (χ1n) is 11.7. The van der Waals surface area contributed by atoms with Crippen molar-refractivity contribution in [1.82, 2.24) is 0 Å². The molecule has 0 aromatic rings. The third-order valence-corrected chi connectivity index (χ3v) is 9.68. The van der Waals surface area contributed by atoms with E-state index in [9.17, 15) is 4.79 Å². The molecule has 7 unspecified atom stereocenters. The van der Waals surface area contributed by atoms with Gasteiger partial charge in [-0.05, 0) is 99.2 Å². The molecule has 0 aromatic heterocycles. The molecule has 0 aliphatic heterocycles. The number of ether oxygens (including phenoxy) is 1. The van der Waals surface area contributed by atoms with E-state index in [1.807, 2.05) is 0 Å². The highest BCUT2D eigenvalue weighted by Gasteiger charge is 2.63. The molecule has 7 atom stereocenters. The quantitative estimate of drug-likeness (QED) is 0.379. The molecule has 5 fully saturated rings. The molecule has 6 aliphatic carbocycles. The van der Waals surface area contributed by atoms with Gasteiger partial charge in [0.2, 0.25) is 0 Å². The van der Waals surface area contributed by atoms with Gasteiger partial charge in [0.25, 0.3) is 0 Å². The van der Waals surface area contributed by atoms with E-state index in [2.05, 4.69) is 12.2 Å². The van der Waals surface area contributed by atoms with Gasteiger partial charge in [-0.1, -0.05) is 31.4 Å². The molecule has 0 heterocycles. The second kappa shape index (κ2) is 5.85. The van der Waals surface area contributed by atoms with Crippen molar-refractivity contribution < 1.29 is 9.53 Å². The highest BCUT2D eigenvalue weighted by Crippen LogP contribution is 2.67. The number of carbonyl (C=O) groups excluding carboxylic acids is 1. The highest BCUT2D eigenvalue weighted by atomic mass is 16.6. The third kappa shape index (κ3) is 2.20. The zero-order chi connectivity index (χ0) is 17.3. The first kappa shape index (κ1) is 16.2. The average Bonchev–Trinajstić information content (AvgIpc) is 3.47. The molecule has 6 aliphatic rings. The lowest BCUT2D eigenvalue weighted by Crippen LogP contribution is -2.44. The van der Waals surface area contributed by atoms with Crippen LogP contribution in [0.3, 0.4) is 0 Å². The molecule has 26 heavy (non-hydrogen) atoms. The third-order valence-electron chi connectivity index (χ3n) is 9.68. The first-order valence-corrected chi connectivity index (χ1v) is 11.7. The normalized spacial score (nSPS) is 48.2. The smallest absolute Gasteiger partial charge is 0.309 e. The summed E-state index contributed by atoms with van der Waals surface area (Å²) in [6, 6.07) is 0. The number of hydrogen-bond acceptors (Lipinski definition) is 2. The van der Waals surface area contributed by atoms with Crippen molar-refractivity contribution in [3.63, 3.8) is 0 Å².